The number of anilines is 1. The quantitative estimate of drug-likeness (QED) is 0.662. The van der Waals surface area contributed by atoms with E-state index in [4.69, 9.17) is 0 Å². The molecule has 29 heavy (non-hydrogen) atoms. The molecule has 150 valence electrons. The van der Waals surface area contributed by atoms with E-state index in [0.717, 1.165) is 40.6 Å². The van der Waals surface area contributed by atoms with Crippen molar-refractivity contribution in [1.29, 1.82) is 0 Å². The fraction of sp³-hybridized carbons (Fsp3) is 0.318. The van der Waals surface area contributed by atoms with Crippen molar-refractivity contribution >= 4 is 23.4 Å². The second-order valence-electron chi connectivity index (χ2n) is 7.33. The summed E-state index contributed by atoms with van der Waals surface area (Å²) < 4.78 is 1.94. The van der Waals surface area contributed by atoms with Gasteiger partial charge in [-0.2, -0.15) is 0 Å². The summed E-state index contributed by atoms with van der Waals surface area (Å²) in [5.74, 6) is 0.842. The van der Waals surface area contributed by atoms with Gasteiger partial charge in [-0.3, -0.25) is 4.79 Å². The first-order valence-electron chi connectivity index (χ1n) is 9.87. The van der Waals surface area contributed by atoms with Crippen molar-refractivity contribution in [2.24, 2.45) is 0 Å². The molecule has 0 aliphatic carbocycles. The van der Waals surface area contributed by atoms with E-state index in [1.54, 1.807) is 0 Å². The number of benzene rings is 2. The van der Waals surface area contributed by atoms with E-state index in [1.807, 2.05) is 60.1 Å². The van der Waals surface area contributed by atoms with Crippen LogP contribution in [0.25, 0.3) is 0 Å². The number of amides is 1. The summed E-state index contributed by atoms with van der Waals surface area (Å²) in [6, 6.07) is 15.9. The molecular formula is C22H25N5OS. The molecule has 1 aliphatic rings. The largest absolute Gasteiger partial charge is 0.325 e. The topological polar surface area (TPSA) is 71.8 Å². The molecule has 0 radical (unpaired) electrons. The van der Waals surface area contributed by atoms with Gasteiger partial charge in [-0.1, -0.05) is 55.1 Å². The summed E-state index contributed by atoms with van der Waals surface area (Å²) in [7, 11) is 0. The van der Waals surface area contributed by atoms with Gasteiger partial charge >= 0.3 is 0 Å². The van der Waals surface area contributed by atoms with E-state index in [2.05, 4.69) is 34.8 Å². The second-order valence-corrected chi connectivity index (χ2v) is 8.44. The number of aryl methyl sites for hydroxylation is 3. The number of thioether (sulfide) groups is 1. The van der Waals surface area contributed by atoms with Crippen molar-refractivity contribution < 1.29 is 4.79 Å². The molecular weight excluding hydrogens is 382 g/mol. The molecule has 2 N–H and O–H groups in total. The zero-order chi connectivity index (χ0) is 20.4. The van der Waals surface area contributed by atoms with Crippen molar-refractivity contribution in [1.82, 2.24) is 14.9 Å². The number of hydrogen-bond donors (Lipinski definition) is 2. The lowest BCUT2D eigenvalue weighted by atomic mass is 10.0. The standard InChI is InChI=1S/C22H25N5OS/c1-4-8-18-24-25-22-27(18)26-19(16-9-6-5-7-10-16)20(29-22)21(28)23-17-12-11-14(2)15(3)13-17/h5-7,9-13,19-20,26H,4,8H2,1-3H3,(H,23,28)/t19-,20-/m0/s1. The molecule has 6 nitrogen and oxygen atoms in total. The number of nitrogens with one attached hydrogen (secondary N) is 2. The maximum atomic E-state index is 13.3. The van der Waals surface area contributed by atoms with Crippen LogP contribution in [0.1, 0.15) is 41.9 Å². The predicted molar refractivity (Wildman–Crippen MR) is 117 cm³/mol. The molecule has 2 aromatic carbocycles. The highest BCUT2D eigenvalue weighted by atomic mass is 32.2. The lowest BCUT2D eigenvalue weighted by molar-refractivity contribution is -0.116. The van der Waals surface area contributed by atoms with Crippen LogP contribution in [0.3, 0.4) is 0 Å². The Morgan fingerprint density at radius 3 is 2.66 bits per heavy atom. The smallest absolute Gasteiger partial charge is 0.240 e. The molecule has 4 rings (SSSR count). The minimum atomic E-state index is -0.370. The zero-order valence-electron chi connectivity index (χ0n) is 16.8. The third kappa shape index (κ3) is 4.00. The predicted octanol–water partition coefficient (Wildman–Crippen LogP) is 4.25. The number of nitrogens with zero attached hydrogens (tertiary/aromatic N) is 3. The Morgan fingerprint density at radius 1 is 1.14 bits per heavy atom. The van der Waals surface area contributed by atoms with Crippen LogP contribution in [0.2, 0.25) is 0 Å². The highest BCUT2D eigenvalue weighted by Crippen LogP contribution is 2.37. The fourth-order valence-electron chi connectivity index (χ4n) is 3.43. The number of carbonyl (C=O) groups excluding carboxylic acids is 1. The average Bonchev–Trinajstić information content (AvgIpc) is 3.13. The van der Waals surface area contributed by atoms with Crippen LogP contribution >= 0.6 is 11.8 Å². The van der Waals surface area contributed by atoms with Gasteiger partial charge < -0.3 is 10.7 Å². The maximum Gasteiger partial charge on any atom is 0.240 e. The van der Waals surface area contributed by atoms with Crippen LogP contribution in [0.4, 0.5) is 5.69 Å². The van der Waals surface area contributed by atoms with Gasteiger partial charge in [0, 0.05) is 12.1 Å². The Labute approximate surface area is 175 Å². The maximum absolute atomic E-state index is 13.3. The molecule has 0 fully saturated rings. The Bertz CT molecular complexity index is 1020. The number of carbonyl (C=O) groups is 1. The Balaban J connectivity index is 1.65. The molecule has 0 spiro atoms. The number of aromatic nitrogens is 3. The van der Waals surface area contributed by atoms with Crippen LogP contribution in [0.15, 0.2) is 53.7 Å². The van der Waals surface area contributed by atoms with E-state index in [1.165, 1.54) is 17.3 Å². The summed E-state index contributed by atoms with van der Waals surface area (Å²) >= 11 is 1.46. The van der Waals surface area contributed by atoms with E-state index in [0.29, 0.717) is 0 Å². The third-order valence-electron chi connectivity index (χ3n) is 5.17. The molecule has 0 unspecified atom stereocenters. The third-order valence-corrected chi connectivity index (χ3v) is 6.38. The summed E-state index contributed by atoms with van der Waals surface area (Å²) in [6.45, 7) is 6.23. The van der Waals surface area contributed by atoms with E-state index in [9.17, 15) is 4.79 Å². The molecule has 2 heterocycles. The Kier molecular flexibility index (Phi) is 5.58. The van der Waals surface area contributed by atoms with Crippen molar-refractivity contribution in [3.63, 3.8) is 0 Å². The minimum absolute atomic E-state index is 0.0501. The first-order valence-corrected chi connectivity index (χ1v) is 10.8. The van der Waals surface area contributed by atoms with Crippen LogP contribution in [0, 0.1) is 13.8 Å². The number of rotatable bonds is 5. The van der Waals surface area contributed by atoms with Crippen LogP contribution in [-0.2, 0) is 11.2 Å². The monoisotopic (exact) mass is 407 g/mol. The molecule has 1 amide bonds. The molecule has 2 atom stereocenters. The van der Waals surface area contributed by atoms with Gasteiger partial charge in [0.25, 0.3) is 0 Å². The second kappa shape index (κ2) is 8.29. The van der Waals surface area contributed by atoms with E-state index >= 15 is 0 Å². The summed E-state index contributed by atoms with van der Waals surface area (Å²) in [6.07, 6.45) is 1.82. The Morgan fingerprint density at radius 2 is 1.93 bits per heavy atom. The lowest BCUT2D eigenvalue weighted by Crippen LogP contribution is -2.41. The van der Waals surface area contributed by atoms with E-state index < -0.39 is 0 Å². The molecule has 0 saturated heterocycles. The van der Waals surface area contributed by atoms with Crippen molar-refractivity contribution in [2.75, 3.05) is 10.7 Å². The van der Waals surface area contributed by atoms with Gasteiger partial charge in [-0.25, -0.2) is 4.68 Å². The lowest BCUT2D eigenvalue weighted by Gasteiger charge is -2.33. The average molecular weight is 408 g/mol. The van der Waals surface area contributed by atoms with Crippen molar-refractivity contribution in [3.8, 4) is 0 Å². The number of hydrogen-bond acceptors (Lipinski definition) is 5. The normalized spacial score (nSPS) is 18.0. The van der Waals surface area contributed by atoms with Gasteiger partial charge in [-0.15, -0.1) is 10.2 Å². The zero-order valence-corrected chi connectivity index (χ0v) is 17.7. The van der Waals surface area contributed by atoms with Gasteiger partial charge in [0.05, 0.1) is 6.04 Å². The molecule has 0 bridgehead atoms. The Hall–Kier alpha value is -2.80. The minimum Gasteiger partial charge on any atom is -0.325 e. The first kappa shape index (κ1) is 19.5. The molecule has 1 aliphatic heterocycles. The highest BCUT2D eigenvalue weighted by Gasteiger charge is 2.37. The molecule has 7 heteroatoms. The summed E-state index contributed by atoms with van der Waals surface area (Å²) in [5.41, 5.74) is 7.72. The highest BCUT2D eigenvalue weighted by molar-refractivity contribution is 8.00. The molecule has 3 aromatic rings. The van der Waals surface area contributed by atoms with Crippen LogP contribution in [0.5, 0.6) is 0 Å². The van der Waals surface area contributed by atoms with Crippen molar-refractivity contribution in [3.05, 3.63) is 71.0 Å². The molecule has 0 saturated carbocycles. The van der Waals surface area contributed by atoms with Crippen molar-refractivity contribution in [2.45, 2.75) is 50.1 Å². The number of fused-ring (bicyclic) bond motifs is 1. The van der Waals surface area contributed by atoms with Crippen LogP contribution in [-0.4, -0.2) is 26.0 Å². The van der Waals surface area contributed by atoms with Gasteiger partial charge in [-0.05, 0) is 49.1 Å². The van der Waals surface area contributed by atoms with Gasteiger partial charge in [0.15, 0.2) is 5.82 Å². The van der Waals surface area contributed by atoms with Crippen LogP contribution < -0.4 is 10.7 Å². The SMILES string of the molecule is CCCc1nnc2n1N[C@@H](c1ccccc1)[C@@H](C(=O)Nc1ccc(C)c(C)c1)S2. The first-order chi connectivity index (χ1) is 14.1. The summed E-state index contributed by atoms with van der Waals surface area (Å²) in [4.78, 5) is 13.3. The van der Waals surface area contributed by atoms with Gasteiger partial charge in [0.2, 0.25) is 11.1 Å². The van der Waals surface area contributed by atoms with E-state index in [-0.39, 0.29) is 17.2 Å². The molecule has 1 aromatic heterocycles. The van der Waals surface area contributed by atoms with Gasteiger partial charge in [0.1, 0.15) is 5.25 Å². The summed E-state index contributed by atoms with van der Waals surface area (Å²) in [5, 5.41) is 12.1. The fourth-order valence-corrected chi connectivity index (χ4v) is 4.53.